The summed E-state index contributed by atoms with van der Waals surface area (Å²) in [5.74, 6) is -0.622. The van der Waals surface area contributed by atoms with E-state index in [0.29, 0.717) is 31.6 Å². The lowest BCUT2D eigenvalue weighted by atomic mass is 10.0. The number of hydrogen-bond acceptors (Lipinski definition) is 15. The summed E-state index contributed by atoms with van der Waals surface area (Å²) in [6, 6.07) is 0. The quantitative estimate of drug-likeness (QED) is 0.0222. The highest BCUT2D eigenvalue weighted by molar-refractivity contribution is 7.47. The van der Waals surface area contributed by atoms with Crippen LogP contribution in [0, 0.1) is 11.8 Å². The van der Waals surface area contributed by atoms with E-state index in [2.05, 4.69) is 41.5 Å². The van der Waals surface area contributed by atoms with Gasteiger partial charge in [-0.15, -0.1) is 0 Å². The molecular formula is C76H148O17P2. The normalized spacial score (nSPS) is 14.0. The van der Waals surface area contributed by atoms with Gasteiger partial charge >= 0.3 is 39.5 Å². The van der Waals surface area contributed by atoms with E-state index in [1.54, 1.807) is 0 Å². The number of aliphatic hydroxyl groups excluding tert-OH is 1. The van der Waals surface area contributed by atoms with Crippen molar-refractivity contribution in [2.45, 2.75) is 413 Å². The molecule has 0 spiro atoms. The van der Waals surface area contributed by atoms with Gasteiger partial charge in [0, 0.05) is 25.7 Å². The highest BCUT2D eigenvalue weighted by Gasteiger charge is 2.30. The molecule has 3 N–H and O–H groups in total. The average molecular weight is 1400 g/mol. The third-order valence-corrected chi connectivity index (χ3v) is 19.6. The number of phosphoric acid groups is 2. The summed E-state index contributed by atoms with van der Waals surface area (Å²) in [5.41, 5.74) is 0. The SMILES string of the molecule is CCCCCCCCCCCCCCCCCC(=O)OC[C@H](COP(=O)(O)OC[C@@H](O)COP(=O)(O)OC[C@@H](COC(=O)CCCCCCCCCC(C)C)OC(=O)CCCCCCCCCCCCCCCC)OC(=O)CCCCCCCCCCCCCCCC(C)C. The van der Waals surface area contributed by atoms with Crippen molar-refractivity contribution in [1.82, 2.24) is 0 Å². The Balaban J connectivity index is 5.25. The Labute approximate surface area is 581 Å². The third kappa shape index (κ3) is 70.3. The minimum atomic E-state index is -4.96. The van der Waals surface area contributed by atoms with Crippen molar-refractivity contribution in [3.8, 4) is 0 Å². The Bertz CT molecular complexity index is 1840. The number of aliphatic hydroxyl groups is 1. The van der Waals surface area contributed by atoms with Gasteiger partial charge in [-0.25, -0.2) is 9.13 Å². The molecule has 0 aromatic carbocycles. The van der Waals surface area contributed by atoms with Crippen molar-refractivity contribution in [2.24, 2.45) is 11.8 Å². The first kappa shape index (κ1) is 93.1. The molecule has 564 valence electrons. The van der Waals surface area contributed by atoms with Crippen molar-refractivity contribution in [1.29, 1.82) is 0 Å². The molecule has 0 fully saturated rings. The molecule has 0 radical (unpaired) electrons. The van der Waals surface area contributed by atoms with Crippen molar-refractivity contribution in [2.75, 3.05) is 39.6 Å². The van der Waals surface area contributed by atoms with Crippen LogP contribution in [0.5, 0.6) is 0 Å². The molecule has 0 bridgehead atoms. The lowest BCUT2D eigenvalue weighted by Gasteiger charge is -2.21. The summed E-state index contributed by atoms with van der Waals surface area (Å²) in [6.45, 7) is 9.57. The number of esters is 4. The second-order valence-electron chi connectivity index (χ2n) is 28.3. The summed E-state index contributed by atoms with van der Waals surface area (Å²) in [6.07, 6.45) is 55.4. The molecule has 0 aliphatic heterocycles. The largest absolute Gasteiger partial charge is 0.472 e. The monoisotopic (exact) mass is 1400 g/mol. The maximum absolute atomic E-state index is 13.1. The van der Waals surface area contributed by atoms with Gasteiger partial charge < -0.3 is 33.8 Å². The van der Waals surface area contributed by atoms with Crippen molar-refractivity contribution < 1.29 is 80.2 Å². The predicted octanol–water partition coefficient (Wildman–Crippen LogP) is 22.3. The zero-order valence-electron chi connectivity index (χ0n) is 62.0. The van der Waals surface area contributed by atoms with Crippen molar-refractivity contribution in [3.05, 3.63) is 0 Å². The van der Waals surface area contributed by atoms with Crippen molar-refractivity contribution >= 4 is 39.5 Å². The number of ether oxygens (including phenoxy) is 4. The van der Waals surface area contributed by atoms with Crippen LogP contribution in [0.25, 0.3) is 0 Å². The van der Waals surface area contributed by atoms with Crippen LogP contribution in [0.3, 0.4) is 0 Å². The highest BCUT2D eigenvalue weighted by Crippen LogP contribution is 2.45. The van der Waals surface area contributed by atoms with Gasteiger partial charge in [0.2, 0.25) is 0 Å². The Morgan fingerprint density at radius 2 is 0.484 bits per heavy atom. The molecule has 0 aliphatic rings. The summed E-state index contributed by atoms with van der Waals surface area (Å²) in [7, 11) is -9.91. The van der Waals surface area contributed by atoms with Gasteiger partial charge in [-0.3, -0.25) is 37.3 Å². The highest BCUT2D eigenvalue weighted by atomic mass is 31.2. The Morgan fingerprint density at radius 1 is 0.284 bits per heavy atom. The van der Waals surface area contributed by atoms with Crippen LogP contribution in [-0.2, 0) is 65.4 Å². The number of hydrogen-bond donors (Lipinski definition) is 3. The maximum Gasteiger partial charge on any atom is 0.472 e. The Morgan fingerprint density at radius 3 is 0.716 bits per heavy atom. The van der Waals surface area contributed by atoms with Crippen LogP contribution in [0.4, 0.5) is 0 Å². The molecular weight excluding hydrogens is 1250 g/mol. The molecule has 0 aromatic heterocycles. The second kappa shape index (κ2) is 67.9. The van der Waals surface area contributed by atoms with Crippen LogP contribution >= 0.6 is 15.6 Å². The summed E-state index contributed by atoms with van der Waals surface area (Å²) >= 11 is 0. The minimum absolute atomic E-state index is 0.107. The molecule has 0 aromatic rings. The number of rotatable bonds is 75. The lowest BCUT2D eigenvalue weighted by molar-refractivity contribution is -0.161. The van der Waals surface area contributed by atoms with Gasteiger partial charge in [0.1, 0.15) is 19.3 Å². The van der Waals surface area contributed by atoms with Crippen LogP contribution in [-0.4, -0.2) is 96.7 Å². The standard InChI is InChI=1S/C76H148O17P2/c1-7-9-11-13-15-17-19-21-23-27-30-34-40-46-52-58-73(78)86-64-71(92-75(80)61-55-49-42-36-32-28-24-25-29-33-38-44-50-56-68(3)4)66-90-94(82,83)88-62-70(77)63-89-95(84,85)91-67-72(65-87-74(79)59-53-47-43-37-39-45-51-57-69(5)6)93-76(81)60-54-48-41-35-31-26-22-20-18-16-14-12-10-8-2/h68-72,77H,7-67H2,1-6H3,(H,82,83)(H,84,85)/t70-,71-,72-/m1/s1. The molecule has 0 saturated heterocycles. The third-order valence-electron chi connectivity index (χ3n) is 17.7. The Hall–Kier alpha value is -1.94. The van der Waals surface area contributed by atoms with E-state index in [-0.39, 0.29) is 25.7 Å². The second-order valence-corrected chi connectivity index (χ2v) is 31.3. The van der Waals surface area contributed by atoms with Crippen LogP contribution in [0.15, 0.2) is 0 Å². The smallest absolute Gasteiger partial charge is 0.462 e. The van der Waals surface area contributed by atoms with E-state index in [9.17, 15) is 43.2 Å². The molecule has 19 heteroatoms. The van der Waals surface area contributed by atoms with E-state index in [1.807, 2.05) is 0 Å². The fraction of sp³-hybridized carbons (Fsp3) is 0.947. The predicted molar refractivity (Wildman–Crippen MR) is 386 cm³/mol. The summed E-state index contributed by atoms with van der Waals surface area (Å²) in [4.78, 5) is 72.8. The van der Waals surface area contributed by atoms with E-state index in [1.165, 1.54) is 205 Å². The van der Waals surface area contributed by atoms with Gasteiger partial charge in [-0.05, 0) is 37.5 Å². The van der Waals surface area contributed by atoms with E-state index in [0.717, 1.165) is 102 Å². The van der Waals surface area contributed by atoms with E-state index < -0.39 is 97.5 Å². The fourth-order valence-electron chi connectivity index (χ4n) is 11.7. The van der Waals surface area contributed by atoms with Crippen LogP contribution in [0.1, 0.15) is 395 Å². The van der Waals surface area contributed by atoms with E-state index in [4.69, 9.17) is 37.0 Å². The maximum atomic E-state index is 13.1. The van der Waals surface area contributed by atoms with Crippen molar-refractivity contribution in [3.63, 3.8) is 0 Å². The van der Waals surface area contributed by atoms with Gasteiger partial charge in [-0.1, -0.05) is 343 Å². The topological polar surface area (TPSA) is 237 Å². The van der Waals surface area contributed by atoms with Gasteiger partial charge in [0.25, 0.3) is 0 Å². The zero-order valence-corrected chi connectivity index (χ0v) is 63.8. The number of carbonyl (C=O) groups is 4. The average Bonchev–Trinajstić information content (AvgIpc) is 1.44. The molecule has 5 atom stereocenters. The molecule has 0 saturated carbocycles. The zero-order chi connectivity index (χ0) is 70.0. The molecule has 0 amide bonds. The van der Waals surface area contributed by atoms with Gasteiger partial charge in [0.15, 0.2) is 12.2 Å². The van der Waals surface area contributed by atoms with Gasteiger partial charge in [0.05, 0.1) is 26.4 Å². The minimum Gasteiger partial charge on any atom is -0.462 e. The molecule has 17 nitrogen and oxygen atoms in total. The van der Waals surface area contributed by atoms with Gasteiger partial charge in [-0.2, -0.15) is 0 Å². The van der Waals surface area contributed by atoms with E-state index >= 15 is 0 Å². The first-order chi connectivity index (χ1) is 45.9. The summed E-state index contributed by atoms with van der Waals surface area (Å²) in [5, 5.41) is 10.6. The molecule has 0 aliphatic carbocycles. The number of unbranched alkanes of at least 4 members (excludes halogenated alkanes) is 45. The lowest BCUT2D eigenvalue weighted by Crippen LogP contribution is -2.30. The fourth-order valence-corrected chi connectivity index (χ4v) is 13.2. The molecule has 0 heterocycles. The molecule has 2 unspecified atom stereocenters. The Kier molecular flexibility index (Phi) is 66.5. The number of phosphoric ester groups is 2. The molecule has 95 heavy (non-hydrogen) atoms. The first-order valence-electron chi connectivity index (χ1n) is 39.5. The first-order valence-corrected chi connectivity index (χ1v) is 42.5. The summed E-state index contributed by atoms with van der Waals surface area (Å²) < 4.78 is 68.5. The molecule has 0 rings (SSSR count). The van der Waals surface area contributed by atoms with Crippen LogP contribution in [0.2, 0.25) is 0 Å². The number of carbonyl (C=O) groups excluding carboxylic acids is 4. The van der Waals surface area contributed by atoms with Crippen LogP contribution < -0.4 is 0 Å².